The molecule has 0 unspecified atom stereocenters. The van der Waals surface area contributed by atoms with Crippen LogP contribution in [0.4, 0.5) is 68.2 Å². The Bertz CT molecular complexity index is 7990. The van der Waals surface area contributed by atoms with Gasteiger partial charge in [0.2, 0.25) is 0 Å². The van der Waals surface area contributed by atoms with Gasteiger partial charge >= 0.3 is 0 Å². The van der Waals surface area contributed by atoms with Crippen LogP contribution in [0.2, 0.25) is 0 Å². The molecule has 0 atom stereocenters. The zero-order valence-electron chi connectivity index (χ0n) is 73.4. The van der Waals surface area contributed by atoms with Gasteiger partial charge in [-0.15, -0.1) is 0 Å². The van der Waals surface area contributed by atoms with Crippen molar-refractivity contribution in [3.8, 4) is 0 Å². The number of para-hydroxylation sites is 12. The van der Waals surface area contributed by atoms with Crippen molar-refractivity contribution in [1.29, 1.82) is 0 Å². The van der Waals surface area contributed by atoms with E-state index < -0.39 is 0 Å². The van der Waals surface area contributed by atoms with Gasteiger partial charge in [0.1, 0.15) is 22.3 Å². The van der Waals surface area contributed by atoms with E-state index in [1.165, 1.54) is 162 Å². The van der Waals surface area contributed by atoms with Crippen molar-refractivity contribution in [2.45, 2.75) is 116 Å². The summed E-state index contributed by atoms with van der Waals surface area (Å²) in [6.07, 6.45) is 12.5. The molecule has 0 radical (unpaired) electrons. The lowest BCUT2D eigenvalue weighted by Gasteiger charge is -2.33. The summed E-state index contributed by atoms with van der Waals surface area (Å²) in [6, 6.07) is 133. The van der Waals surface area contributed by atoms with E-state index in [0.29, 0.717) is 11.8 Å². The first-order chi connectivity index (χ1) is 64.2. The van der Waals surface area contributed by atoms with E-state index in [2.05, 4.69) is 399 Å². The largest absolute Gasteiger partial charge is 0.454 e. The summed E-state index contributed by atoms with van der Waals surface area (Å²) in [5, 5.41) is 24.5. The quantitative estimate of drug-likeness (QED) is 0.0887. The maximum Gasteiger partial charge on any atom is 0.159 e. The van der Waals surface area contributed by atoms with Crippen molar-refractivity contribution in [2.24, 2.45) is 0 Å². The lowest BCUT2D eigenvalue weighted by Crippen LogP contribution is -2.14. The summed E-state index contributed by atoms with van der Waals surface area (Å²) in [7, 11) is 0. The molecule has 628 valence electrons. The molecular formula is C122H96N4O4. The summed E-state index contributed by atoms with van der Waals surface area (Å²) in [5.74, 6) is 1.45. The van der Waals surface area contributed by atoms with Crippen LogP contribution in [0.15, 0.2) is 382 Å². The van der Waals surface area contributed by atoms with Gasteiger partial charge in [0.25, 0.3) is 0 Å². The van der Waals surface area contributed by atoms with Crippen LogP contribution >= 0.6 is 0 Å². The highest BCUT2D eigenvalue weighted by atomic mass is 16.3. The number of hydrogen-bond donors (Lipinski definition) is 0. The van der Waals surface area contributed by atoms with E-state index in [1.54, 1.807) is 0 Å². The SMILES string of the molecule is CC(C)c1cc(N(c2ccccc2)c2cccc3c2oc2ccccc23)c2ccc3c(C(C)C)cc(N(c4ccccc4)c4cccc5c4oc4ccccc45)c4ccc1c2c34.c1ccc(N(c2cc(C3CCCCC3)c3ccc4c(N(c5ccccc5)c5cccc6c5oc5ccccc56)cc(C5CCCCC5)c5ccc2c3c54)c2cccc3c2oc2ccccc23)cc1. The minimum absolute atomic E-state index is 0.258. The molecular weight excluding hydrogens is 1590 g/mol. The van der Waals surface area contributed by atoms with Crippen LogP contribution in [0, 0.1) is 0 Å². The number of fused-ring (bicyclic) bond motifs is 12. The molecule has 0 bridgehead atoms. The van der Waals surface area contributed by atoms with Crippen molar-refractivity contribution in [2.75, 3.05) is 19.6 Å². The second kappa shape index (κ2) is 31.4. The van der Waals surface area contributed by atoms with Crippen LogP contribution in [-0.2, 0) is 0 Å². The second-order valence-electron chi connectivity index (χ2n) is 36.8. The van der Waals surface area contributed by atoms with Gasteiger partial charge in [-0.2, -0.15) is 0 Å². The monoisotopic (exact) mass is 1680 g/mol. The first-order valence-corrected chi connectivity index (χ1v) is 46.8. The van der Waals surface area contributed by atoms with Gasteiger partial charge < -0.3 is 37.3 Å². The van der Waals surface area contributed by atoms with Crippen LogP contribution in [0.1, 0.15) is 138 Å². The Balaban J connectivity index is 0.000000141. The van der Waals surface area contributed by atoms with Crippen molar-refractivity contribution >= 4 is 221 Å². The summed E-state index contributed by atoms with van der Waals surface area (Å²) in [6.45, 7) is 9.27. The minimum Gasteiger partial charge on any atom is -0.454 e. The maximum atomic E-state index is 6.88. The van der Waals surface area contributed by atoms with Crippen LogP contribution in [0.5, 0.6) is 0 Å². The Kier molecular flexibility index (Phi) is 18.7. The van der Waals surface area contributed by atoms with E-state index >= 15 is 0 Å². The summed E-state index contributed by atoms with van der Waals surface area (Å²) >= 11 is 0. The third-order valence-corrected chi connectivity index (χ3v) is 28.7. The fraction of sp³-hybridized carbons (Fsp3) is 0.148. The first-order valence-electron chi connectivity index (χ1n) is 46.8. The van der Waals surface area contributed by atoms with Gasteiger partial charge in [0.05, 0.1) is 45.5 Å². The van der Waals surface area contributed by atoms with Crippen molar-refractivity contribution in [3.05, 3.63) is 386 Å². The fourth-order valence-electron chi connectivity index (χ4n) is 22.8. The Hall–Kier alpha value is -15.1. The van der Waals surface area contributed by atoms with Gasteiger partial charge in [0, 0.05) is 87.4 Å². The molecule has 8 heteroatoms. The smallest absolute Gasteiger partial charge is 0.159 e. The summed E-state index contributed by atoms with van der Waals surface area (Å²) < 4.78 is 27.3. The molecule has 0 N–H and O–H groups in total. The number of hydrogen-bond acceptors (Lipinski definition) is 8. The summed E-state index contributed by atoms with van der Waals surface area (Å²) in [5.41, 5.74) is 25.8. The molecule has 0 saturated heterocycles. The van der Waals surface area contributed by atoms with Gasteiger partial charge in [-0.25, -0.2) is 0 Å². The predicted octanol–water partition coefficient (Wildman–Crippen LogP) is 37.0. The normalized spacial score (nSPS) is 13.8. The molecule has 2 aliphatic rings. The Morgan fingerprint density at radius 3 is 0.708 bits per heavy atom. The number of anilines is 12. The van der Waals surface area contributed by atoms with E-state index in [4.69, 9.17) is 17.7 Å². The molecule has 24 aromatic rings. The van der Waals surface area contributed by atoms with E-state index in [0.717, 1.165) is 145 Å². The number of nitrogens with zero attached hydrogens (tertiary/aromatic N) is 4. The summed E-state index contributed by atoms with van der Waals surface area (Å²) in [4.78, 5) is 9.85. The van der Waals surface area contributed by atoms with Crippen LogP contribution < -0.4 is 19.6 Å². The molecule has 8 nitrogen and oxygen atoms in total. The van der Waals surface area contributed by atoms with Gasteiger partial charge in [-0.3, -0.25) is 0 Å². The van der Waals surface area contributed by atoms with Crippen LogP contribution in [0.3, 0.4) is 0 Å². The number of furan rings is 4. The molecule has 130 heavy (non-hydrogen) atoms. The molecule has 20 aromatic carbocycles. The number of rotatable bonds is 16. The third-order valence-electron chi connectivity index (χ3n) is 28.7. The predicted molar refractivity (Wildman–Crippen MR) is 548 cm³/mol. The molecule has 0 spiro atoms. The maximum absolute atomic E-state index is 6.88. The minimum atomic E-state index is 0.258. The number of benzene rings is 20. The van der Waals surface area contributed by atoms with E-state index in [1.807, 2.05) is 12.1 Å². The topological polar surface area (TPSA) is 65.5 Å². The van der Waals surface area contributed by atoms with Crippen molar-refractivity contribution in [3.63, 3.8) is 0 Å². The second-order valence-corrected chi connectivity index (χ2v) is 36.8. The Labute approximate surface area is 754 Å². The van der Waals surface area contributed by atoms with E-state index in [9.17, 15) is 0 Å². The molecule has 4 aromatic heterocycles. The Morgan fingerprint density at radius 1 is 0.200 bits per heavy atom. The first kappa shape index (κ1) is 77.2. The molecule has 26 rings (SSSR count). The molecule has 2 fully saturated rings. The van der Waals surface area contributed by atoms with Crippen molar-refractivity contribution in [1.82, 2.24) is 0 Å². The zero-order chi connectivity index (χ0) is 86.3. The third kappa shape index (κ3) is 12.5. The Morgan fingerprint density at radius 2 is 0.431 bits per heavy atom. The lowest BCUT2D eigenvalue weighted by atomic mass is 9.77. The molecule has 4 heterocycles. The highest BCUT2D eigenvalue weighted by Crippen LogP contribution is 2.58. The lowest BCUT2D eigenvalue weighted by molar-refractivity contribution is 0.445. The standard InChI is InChI=1S/C64H52N2O2.C58H44N2O2/c1-5-19-41(20-6-1)53-39-57(65(43-23-9-3-10-24-43)55-31-17-29-49-45-27-13-15-33-59(45)67-63(49)55)51-38-36-48-54(42-21-7-2-8-22-42)40-58(52-37-35-47(53)61(51)62(48)52)66(44-25-11-4-12-26-44)56-32-18-30-50-46-28-14-16-34-60(46)68-64(50)56;1-35(2)47-33-51(59(37-17-7-5-8-18-37)49-25-15-23-43-39-21-11-13-27-53(39)61-57(43)49)45-32-30-42-48(36(3)4)34-52(46-31-29-41(47)55(45)56(42)46)60(38-19-9-6-10-20-38)50-26-16-24-44-40-22-12-14-28-54(40)62-58(44)50/h3-4,9-18,23-42H,1-2,5-8,19-22H2;5-36H,1-4H3. The van der Waals surface area contributed by atoms with Crippen molar-refractivity contribution < 1.29 is 17.7 Å². The van der Waals surface area contributed by atoms with Crippen LogP contribution in [0.25, 0.3) is 152 Å². The van der Waals surface area contributed by atoms with Gasteiger partial charge in [0.15, 0.2) is 22.3 Å². The zero-order valence-corrected chi connectivity index (χ0v) is 73.4. The molecule has 0 amide bonds. The highest BCUT2D eigenvalue weighted by molar-refractivity contribution is 6.32. The van der Waals surface area contributed by atoms with E-state index in [-0.39, 0.29) is 11.8 Å². The molecule has 0 aliphatic heterocycles. The molecule has 2 aliphatic carbocycles. The van der Waals surface area contributed by atoms with Crippen LogP contribution in [-0.4, -0.2) is 0 Å². The fourth-order valence-corrected chi connectivity index (χ4v) is 22.8. The highest BCUT2D eigenvalue weighted by Gasteiger charge is 2.34. The average Bonchev–Trinajstić information content (AvgIpc) is 0.719. The van der Waals surface area contributed by atoms with Gasteiger partial charge in [-0.05, 0) is 236 Å². The molecule has 2 saturated carbocycles. The average molecular weight is 1680 g/mol. The van der Waals surface area contributed by atoms with Gasteiger partial charge in [-0.1, -0.05) is 309 Å².